The van der Waals surface area contributed by atoms with Gasteiger partial charge in [-0.15, -0.1) is 0 Å². The van der Waals surface area contributed by atoms with Crippen molar-refractivity contribution in [3.05, 3.63) is 35.8 Å². The van der Waals surface area contributed by atoms with E-state index in [1.807, 2.05) is 45.2 Å². The highest BCUT2D eigenvalue weighted by Crippen LogP contribution is 2.41. The molecule has 1 fully saturated rings. The molecule has 1 N–H and O–H groups in total. The lowest BCUT2D eigenvalue weighted by atomic mass is 10.2. The summed E-state index contributed by atoms with van der Waals surface area (Å²) in [6.07, 6.45) is 4.03. The van der Waals surface area contributed by atoms with E-state index >= 15 is 0 Å². The Labute approximate surface area is 124 Å². The second-order valence-corrected chi connectivity index (χ2v) is 6.50. The maximum Gasteiger partial charge on any atom is 0.407 e. The molecule has 0 unspecified atom stereocenters. The molecule has 1 aliphatic carbocycles. The number of fused-ring (bicyclic) bond motifs is 1. The van der Waals surface area contributed by atoms with Crippen LogP contribution in [0.25, 0.3) is 5.65 Å². The Morgan fingerprint density at radius 3 is 2.86 bits per heavy atom. The highest BCUT2D eigenvalue weighted by Gasteiger charge is 2.30. The zero-order valence-corrected chi connectivity index (χ0v) is 12.7. The zero-order chi connectivity index (χ0) is 15.0. The number of hydrogen-bond donors (Lipinski definition) is 1. The van der Waals surface area contributed by atoms with Crippen LogP contribution in [0.1, 0.15) is 50.9 Å². The number of amides is 1. The second-order valence-electron chi connectivity index (χ2n) is 6.50. The highest BCUT2D eigenvalue weighted by atomic mass is 16.6. The van der Waals surface area contributed by atoms with Crippen molar-refractivity contribution in [3.8, 4) is 0 Å². The quantitative estimate of drug-likeness (QED) is 0.943. The van der Waals surface area contributed by atoms with Gasteiger partial charge in [0.05, 0.1) is 17.9 Å². The van der Waals surface area contributed by atoms with Crippen LogP contribution in [0.5, 0.6) is 0 Å². The first-order chi connectivity index (χ1) is 9.94. The fourth-order valence-electron chi connectivity index (χ4n) is 2.45. The van der Waals surface area contributed by atoms with Gasteiger partial charge in [0.2, 0.25) is 0 Å². The van der Waals surface area contributed by atoms with Crippen LogP contribution in [0.2, 0.25) is 0 Å². The topological polar surface area (TPSA) is 55.6 Å². The molecule has 21 heavy (non-hydrogen) atoms. The molecule has 1 aliphatic rings. The van der Waals surface area contributed by atoms with Crippen LogP contribution in [0.3, 0.4) is 0 Å². The average Bonchev–Trinajstić information content (AvgIpc) is 3.15. The first-order valence-corrected chi connectivity index (χ1v) is 7.37. The molecule has 5 heteroatoms. The summed E-state index contributed by atoms with van der Waals surface area (Å²) in [6, 6.07) is 5.97. The number of aromatic nitrogens is 2. The summed E-state index contributed by atoms with van der Waals surface area (Å²) < 4.78 is 7.39. The van der Waals surface area contributed by atoms with Crippen molar-refractivity contribution < 1.29 is 9.53 Å². The lowest BCUT2D eigenvalue weighted by Gasteiger charge is -2.19. The van der Waals surface area contributed by atoms with E-state index in [1.54, 1.807) is 0 Å². The number of nitrogens with zero attached hydrogens (tertiary/aromatic N) is 2. The second kappa shape index (κ2) is 5.06. The van der Waals surface area contributed by atoms with Gasteiger partial charge >= 0.3 is 6.09 Å². The predicted molar refractivity (Wildman–Crippen MR) is 80.2 cm³/mol. The van der Waals surface area contributed by atoms with E-state index < -0.39 is 11.7 Å². The van der Waals surface area contributed by atoms with Crippen LogP contribution in [0.15, 0.2) is 24.4 Å². The molecule has 0 aliphatic heterocycles. The molecule has 2 aromatic heterocycles. The number of rotatable bonds is 3. The largest absolute Gasteiger partial charge is 0.444 e. The van der Waals surface area contributed by atoms with E-state index in [0.717, 1.165) is 11.3 Å². The van der Waals surface area contributed by atoms with Gasteiger partial charge in [-0.25, -0.2) is 9.78 Å². The van der Waals surface area contributed by atoms with E-state index in [9.17, 15) is 4.79 Å². The molecule has 0 bridgehead atoms. The molecule has 1 amide bonds. The Morgan fingerprint density at radius 1 is 1.43 bits per heavy atom. The number of pyridine rings is 1. The van der Waals surface area contributed by atoms with Crippen LogP contribution >= 0.6 is 0 Å². The molecule has 0 radical (unpaired) electrons. The third-order valence-electron chi connectivity index (χ3n) is 3.41. The predicted octanol–water partition coefficient (Wildman–Crippen LogP) is 3.24. The Balaban J connectivity index is 1.78. The molecule has 0 saturated heterocycles. The summed E-state index contributed by atoms with van der Waals surface area (Å²) in [5, 5.41) is 2.80. The maximum atomic E-state index is 11.8. The summed E-state index contributed by atoms with van der Waals surface area (Å²) in [5.41, 5.74) is 2.61. The van der Waals surface area contributed by atoms with Crippen molar-refractivity contribution in [2.75, 3.05) is 0 Å². The molecule has 3 rings (SSSR count). The molecule has 1 saturated carbocycles. The van der Waals surface area contributed by atoms with Crippen molar-refractivity contribution in [1.29, 1.82) is 0 Å². The molecule has 0 atom stereocenters. The van der Waals surface area contributed by atoms with Gasteiger partial charge in [-0.3, -0.25) is 0 Å². The van der Waals surface area contributed by atoms with Gasteiger partial charge in [0.1, 0.15) is 11.2 Å². The van der Waals surface area contributed by atoms with Crippen LogP contribution < -0.4 is 5.32 Å². The Kier molecular flexibility index (Phi) is 3.35. The minimum Gasteiger partial charge on any atom is -0.444 e. The number of carbonyl (C=O) groups excluding carboxylic acids is 1. The van der Waals surface area contributed by atoms with Crippen molar-refractivity contribution in [2.24, 2.45) is 0 Å². The molecular formula is C16H21N3O2. The van der Waals surface area contributed by atoms with Gasteiger partial charge in [0.15, 0.2) is 0 Å². The van der Waals surface area contributed by atoms with Gasteiger partial charge in [-0.05, 0) is 45.7 Å². The zero-order valence-electron chi connectivity index (χ0n) is 12.7. The Morgan fingerprint density at radius 2 is 2.19 bits per heavy atom. The number of alkyl carbamates (subject to hydrolysis) is 1. The van der Waals surface area contributed by atoms with E-state index in [-0.39, 0.29) is 0 Å². The summed E-state index contributed by atoms with van der Waals surface area (Å²) >= 11 is 0. The third-order valence-corrected chi connectivity index (χ3v) is 3.41. The molecule has 0 aromatic carbocycles. The van der Waals surface area contributed by atoms with Crippen LogP contribution in [-0.2, 0) is 11.3 Å². The van der Waals surface area contributed by atoms with Crippen molar-refractivity contribution in [3.63, 3.8) is 0 Å². The molecular weight excluding hydrogens is 266 g/mol. The van der Waals surface area contributed by atoms with Crippen molar-refractivity contribution in [1.82, 2.24) is 14.7 Å². The first-order valence-electron chi connectivity index (χ1n) is 7.37. The van der Waals surface area contributed by atoms with Gasteiger partial charge in [0.25, 0.3) is 0 Å². The first kappa shape index (κ1) is 13.9. The third kappa shape index (κ3) is 3.17. The number of nitrogens with one attached hydrogen (secondary N) is 1. The van der Waals surface area contributed by atoms with Gasteiger partial charge < -0.3 is 14.5 Å². The number of ether oxygens (including phenoxy) is 1. The summed E-state index contributed by atoms with van der Waals surface area (Å²) in [7, 11) is 0. The Bertz CT molecular complexity index is 666. The van der Waals surface area contributed by atoms with Crippen LogP contribution in [-0.4, -0.2) is 21.1 Å². The van der Waals surface area contributed by atoms with Crippen LogP contribution in [0, 0.1) is 0 Å². The molecule has 112 valence electrons. The van der Waals surface area contributed by atoms with E-state index in [2.05, 4.69) is 14.7 Å². The standard InChI is InChI=1S/C16H21N3O2/c1-16(2,3)21-15(20)17-10-12-14(11-7-8-11)19-9-5-4-6-13(19)18-12/h4-6,9,11H,7-8,10H2,1-3H3,(H,17,20). The smallest absolute Gasteiger partial charge is 0.407 e. The van der Waals surface area contributed by atoms with Gasteiger partial charge in [0, 0.05) is 12.1 Å². The molecule has 5 nitrogen and oxygen atoms in total. The van der Waals surface area contributed by atoms with Crippen molar-refractivity contribution in [2.45, 2.75) is 51.7 Å². The van der Waals surface area contributed by atoms with E-state index in [1.165, 1.54) is 18.5 Å². The van der Waals surface area contributed by atoms with Gasteiger partial charge in [-0.2, -0.15) is 0 Å². The molecule has 2 heterocycles. The Hall–Kier alpha value is -2.04. The SMILES string of the molecule is CC(C)(C)OC(=O)NCc1nc2ccccn2c1C1CC1. The monoisotopic (exact) mass is 287 g/mol. The molecule has 2 aromatic rings. The average molecular weight is 287 g/mol. The normalized spacial score (nSPS) is 15.2. The summed E-state index contributed by atoms with van der Waals surface area (Å²) in [5.74, 6) is 0.567. The maximum absolute atomic E-state index is 11.8. The number of imidazole rings is 1. The summed E-state index contributed by atoms with van der Waals surface area (Å²) in [6.45, 7) is 5.97. The van der Waals surface area contributed by atoms with E-state index in [0.29, 0.717) is 12.5 Å². The number of hydrogen-bond acceptors (Lipinski definition) is 3. The van der Waals surface area contributed by atoms with Crippen LogP contribution in [0.4, 0.5) is 4.79 Å². The fourth-order valence-corrected chi connectivity index (χ4v) is 2.45. The molecule has 0 spiro atoms. The number of carbonyl (C=O) groups is 1. The lowest BCUT2D eigenvalue weighted by molar-refractivity contribution is 0.0523. The highest BCUT2D eigenvalue weighted by molar-refractivity contribution is 5.67. The van der Waals surface area contributed by atoms with Gasteiger partial charge in [-0.1, -0.05) is 6.07 Å². The van der Waals surface area contributed by atoms with Crippen molar-refractivity contribution >= 4 is 11.7 Å². The lowest BCUT2D eigenvalue weighted by Crippen LogP contribution is -2.32. The summed E-state index contributed by atoms with van der Waals surface area (Å²) in [4.78, 5) is 16.4. The minimum atomic E-state index is -0.484. The fraction of sp³-hybridized carbons (Fsp3) is 0.500. The minimum absolute atomic E-state index is 0.402. The van der Waals surface area contributed by atoms with E-state index in [4.69, 9.17) is 4.74 Å².